The lowest BCUT2D eigenvalue weighted by atomic mass is 9.98. The first-order valence-corrected chi connectivity index (χ1v) is 8.64. The maximum absolute atomic E-state index is 5.47. The molecule has 0 aliphatic rings. The van der Waals surface area contributed by atoms with Crippen molar-refractivity contribution in [2.45, 2.75) is 46.1 Å². The van der Waals surface area contributed by atoms with Gasteiger partial charge >= 0.3 is 0 Å². The average Bonchev–Trinajstić information content (AvgIpc) is 2.52. The van der Waals surface area contributed by atoms with Crippen LogP contribution in [0.4, 0.5) is 5.69 Å². The highest BCUT2D eigenvalue weighted by Gasteiger charge is 2.11. The Kier molecular flexibility index (Phi) is 6.17. The second-order valence-corrected chi connectivity index (χ2v) is 6.66. The number of aryl methyl sites for hydroxylation is 1. The summed E-state index contributed by atoms with van der Waals surface area (Å²) in [5, 5.41) is 7.35. The van der Waals surface area contributed by atoms with Crippen LogP contribution in [-0.4, -0.2) is 5.11 Å². The van der Waals surface area contributed by atoms with Gasteiger partial charge < -0.3 is 10.6 Å². The third kappa shape index (κ3) is 5.07. The third-order valence-corrected chi connectivity index (χ3v) is 4.21. The highest BCUT2D eigenvalue weighted by atomic mass is 32.1. The molecule has 122 valence electrons. The zero-order valence-corrected chi connectivity index (χ0v) is 15.2. The Morgan fingerprint density at radius 2 is 1.70 bits per heavy atom. The Morgan fingerprint density at radius 3 is 2.26 bits per heavy atom. The molecule has 0 amide bonds. The first-order valence-electron chi connectivity index (χ1n) is 8.23. The number of benzene rings is 2. The van der Waals surface area contributed by atoms with Gasteiger partial charge in [-0.1, -0.05) is 57.2 Å². The Labute approximate surface area is 145 Å². The summed E-state index contributed by atoms with van der Waals surface area (Å²) in [6.45, 7) is 8.67. The molecule has 1 atom stereocenters. The number of nitrogens with one attached hydrogen (secondary N) is 2. The molecule has 23 heavy (non-hydrogen) atoms. The van der Waals surface area contributed by atoms with Gasteiger partial charge in [-0.25, -0.2) is 0 Å². The first-order chi connectivity index (χ1) is 11.0. The minimum Gasteiger partial charge on any atom is -0.356 e. The number of anilines is 1. The number of rotatable bonds is 5. The van der Waals surface area contributed by atoms with Crippen LogP contribution in [-0.2, 0) is 0 Å². The van der Waals surface area contributed by atoms with Crippen molar-refractivity contribution in [1.82, 2.24) is 5.32 Å². The molecule has 3 heteroatoms. The summed E-state index contributed by atoms with van der Waals surface area (Å²) in [4.78, 5) is 0. The average molecular weight is 327 g/mol. The lowest BCUT2D eigenvalue weighted by Crippen LogP contribution is -2.32. The zero-order chi connectivity index (χ0) is 16.8. The smallest absolute Gasteiger partial charge is 0.171 e. The van der Waals surface area contributed by atoms with Gasteiger partial charge in [0.15, 0.2) is 5.11 Å². The van der Waals surface area contributed by atoms with Crippen LogP contribution in [0.2, 0.25) is 0 Å². The molecule has 0 aliphatic carbocycles. The molecular weight excluding hydrogens is 300 g/mol. The molecule has 2 nitrogen and oxygen atoms in total. The Morgan fingerprint density at radius 1 is 1.04 bits per heavy atom. The zero-order valence-electron chi connectivity index (χ0n) is 14.4. The van der Waals surface area contributed by atoms with Crippen molar-refractivity contribution in [3.63, 3.8) is 0 Å². The second kappa shape index (κ2) is 8.11. The molecule has 1 unspecified atom stereocenters. The minimum absolute atomic E-state index is 0.223. The fourth-order valence-electron chi connectivity index (χ4n) is 2.58. The summed E-state index contributed by atoms with van der Waals surface area (Å²) in [5.41, 5.74) is 4.87. The van der Waals surface area contributed by atoms with Crippen molar-refractivity contribution in [2.24, 2.45) is 0 Å². The highest BCUT2D eigenvalue weighted by Crippen LogP contribution is 2.21. The molecule has 2 N–H and O–H groups in total. The van der Waals surface area contributed by atoms with Gasteiger partial charge in [-0.05, 0) is 60.3 Å². The van der Waals surface area contributed by atoms with E-state index in [1.165, 1.54) is 16.7 Å². The van der Waals surface area contributed by atoms with Crippen LogP contribution in [0.25, 0.3) is 0 Å². The molecule has 0 aromatic heterocycles. The fourth-order valence-corrected chi connectivity index (χ4v) is 2.84. The van der Waals surface area contributed by atoms with Crippen LogP contribution in [0.15, 0.2) is 48.5 Å². The van der Waals surface area contributed by atoms with E-state index in [2.05, 4.69) is 74.7 Å². The van der Waals surface area contributed by atoms with Gasteiger partial charge in [-0.3, -0.25) is 0 Å². The van der Waals surface area contributed by atoms with Crippen molar-refractivity contribution in [3.05, 3.63) is 65.2 Å². The fraction of sp³-hybridized carbons (Fsp3) is 0.350. The van der Waals surface area contributed by atoms with E-state index in [1.54, 1.807) is 0 Å². The first kappa shape index (κ1) is 17.5. The number of hydrogen-bond acceptors (Lipinski definition) is 1. The summed E-state index contributed by atoms with van der Waals surface area (Å²) in [7, 11) is 0. The Hall–Kier alpha value is -1.87. The maximum atomic E-state index is 5.47. The monoisotopic (exact) mass is 326 g/mol. The molecule has 0 heterocycles. The van der Waals surface area contributed by atoms with Gasteiger partial charge in [0, 0.05) is 5.69 Å². The van der Waals surface area contributed by atoms with E-state index >= 15 is 0 Å². The van der Waals surface area contributed by atoms with Gasteiger partial charge in [-0.2, -0.15) is 0 Å². The SMILES string of the molecule is CCC(NC(=S)Nc1cccc(C)c1)c1ccc(C(C)C)cc1. The molecule has 0 bridgehead atoms. The maximum Gasteiger partial charge on any atom is 0.171 e. The molecule has 2 aromatic carbocycles. The van der Waals surface area contributed by atoms with E-state index in [1.807, 2.05) is 12.1 Å². The van der Waals surface area contributed by atoms with Crippen molar-refractivity contribution in [2.75, 3.05) is 5.32 Å². The van der Waals surface area contributed by atoms with Crippen LogP contribution >= 0.6 is 12.2 Å². The standard InChI is InChI=1S/C20H26N2S/c1-5-19(17-11-9-16(10-12-17)14(2)3)22-20(23)21-18-8-6-7-15(4)13-18/h6-14,19H,5H2,1-4H3,(H2,21,22,23). The molecular formula is C20H26N2S. The highest BCUT2D eigenvalue weighted by molar-refractivity contribution is 7.80. The predicted molar refractivity (Wildman–Crippen MR) is 104 cm³/mol. The molecule has 0 saturated carbocycles. The van der Waals surface area contributed by atoms with Crippen molar-refractivity contribution in [3.8, 4) is 0 Å². The van der Waals surface area contributed by atoms with Crippen molar-refractivity contribution >= 4 is 23.0 Å². The van der Waals surface area contributed by atoms with E-state index in [4.69, 9.17) is 12.2 Å². The summed E-state index contributed by atoms with van der Waals surface area (Å²) in [5.74, 6) is 0.557. The van der Waals surface area contributed by atoms with Gasteiger partial charge in [0.05, 0.1) is 6.04 Å². The second-order valence-electron chi connectivity index (χ2n) is 6.25. The van der Waals surface area contributed by atoms with Crippen LogP contribution in [0.5, 0.6) is 0 Å². The summed E-state index contributed by atoms with van der Waals surface area (Å²) in [6.07, 6.45) is 0.983. The largest absolute Gasteiger partial charge is 0.356 e. The molecule has 2 aromatic rings. The van der Waals surface area contributed by atoms with Gasteiger partial charge in [0.1, 0.15) is 0 Å². The van der Waals surface area contributed by atoms with Gasteiger partial charge in [0.25, 0.3) is 0 Å². The van der Waals surface area contributed by atoms with Crippen LogP contribution in [0.3, 0.4) is 0 Å². The lowest BCUT2D eigenvalue weighted by molar-refractivity contribution is 0.628. The van der Waals surface area contributed by atoms with Crippen LogP contribution in [0, 0.1) is 6.92 Å². The Balaban J connectivity index is 2.02. The van der Waals surface area contributed by atoms with E-state index in [-0.39, 0.29) is 6.04 Å². The van der Waals surface area contributed by atoms with Crippen LogP contribution < -0.4 is 10.6 Å². The number of thiocarbonyl (C=S) groups is 1. The lowest BCUT2D eigenvalue weighted by Gasteiger charge is -2.21. The third-order valence-electron chi connectivity index (χ3n) is 4.00. The quantitative estimate of drug-likeness (QED) is 0.704. The number of hydrogen-bond donors (Lipinski definition) is 2. The molecule has 0 aliphatic heterocycles. The van der Waals surface area contributed by atoms with Crippen molar-refractivity contribution in [1.29, 1.82) is 0 Å². The van der Waals surface area contributed by atoms with Crippen LogP contribution in [0.1, 0.15) is 55.8 Å². The van der Waals surface area contributed by atoms with Crippen molar-refractivity contribution < 1.29 is 0 Å². The van der Waals surface area contributed by atoms with Gasteiger partial charge in [-0.15, -0.1) is 0 Å². The minimum atomic E-state index is 0.223. The normalized spacial score (nSPS) is 12.0. The van der Waals surface area contributed by atoms with E-state index in [0.717, 1.165) is 12.1 Å². The molecule has 0 saturated heterocycles. The predicted octanol–water partition coefficient (Wildman–Crippen LogP) is 5.56. The summed E-state index contributed by atoms with van der Waals surface area (Å²) in [6, 6.07) is 17.3. The van der Waals surface area contributed by atoms with E-state index < -0.39 is 0 Å². The topological polar surface area (TPSA) is 24.1 Å². The van der Waals surface area contributed by atoms with Gasteiger partial charge in [0.2, 0.25) is 0 Å². The Bertz CT molecular complexity index is 647. The molecule has 0 spiro atoms. The van der Waals surface area contributed by atoms with E-state index in [9.17, 15) is 0 Å². The van der Waals surface area contributed by atoms with E-state index in [0.29, 0.717) is 11.0 Å². The summed E-state index contributed by atoms with van der Waals surface area (Å²) >= 11 is 5.47. The summed E-state index contributed by atoms with van der Waals surface area (Å²) < 4.78 is 0. The molecule has 0 radical (unpaired) electrons. The molecule has 0 fully saturated rings. The molecule has 2 rings (SSSR count).